The fourth-order valence-corrected chi connectivity index (χ4v) is 3.74. The lowest BCUT2D eigenvalue weighted by Crippen LogP contribution is -2.54. The number of aliphatic hydroxyl groups is 3. The number of aliphatic hydroxyl groups excluding tert-OH is 3. The minimum atomic E-state index is -5.24. The van der Waals surface area contributed by atoms with E-state index in [0.29, 0.717) is 0 Å². The second-order valence-corrected chi connectivity index (χ2v) is 8.51. The highest BCUT2D eigenvalue weighted by Gasteiger charge is 2.39. The van der Waals surface area contributed by atoms with Crippen molar-refractivity contribution in [1.29, 1.82) is 0 Å². The molecule has 4 atom stereocenters. The second kappa shape index (κ2) is 8.88. The number of ether oxygens (including phenoxy) is 2. The highest BCUT2D eigenvalue weighted by molar-refractivity contribution is 7.81. The van der Waals surface area contributed by atoms with Gasteiger partial charge in [0.05, 0.1) is 6.61 Å². The summed E-state index contributed by atoms with van der Waals surface area (Å²) in [5.74, 6) is -3.88. The van der Waals surface area contributed by atoms with E-state index < -0.39 is 74.6 Å². The van der Waals surface area contributed by atoms with Crippen LogP contribution < -0.4 is 14.3 Å². The van der Waals surface area contributed by atoms with E-state index in [-0.39, 0.29) is 23.5 Å². The van der Waals surface area contributed by atoms with Crippen molar-refractivity contribution in [1.82, 2.24) is 0 Å². The van der Waals surface area contributed by atoms with E-state index in [9.17, 15) is 43.9 Å². The molecule has 0 saturated carbocycles. The molecule has 3 aromatic rings. The van der Waals surface area contributed by atoms with E-state index in [2.05, 4.69) is 4.18 Å². The highest BCUT2D eigenvalue weighted by Crippen LogP contribution is 2.39. The molecule has 4 rings (SSSR count). The standard InChI is InChI=1S/C20H18O14S/c21-9-2-1-7(3-10(9)22)18-19(34-35(28,29)30)16(26)14-11(23)4-8(5-13(14)33-18)32-20-17(27)15(25)12(24)6-31-20/h1-5,12,15,17,20-25,27H,6H2,(H,28,29,30). The number of benzene rings is 2. The first-order chi connectivity index (χ1) is 16.4. The number of hydrogen-bond donors (Lipinski definition) is 7. The number of aromatic hydroxyl groups is 3. The third kappa shape index (κ3) is 4.81. The Balaban J connectivity index is 1.87. The summed E-state index contributed by atoms with van der Waals surface area (Å²) in [6.07, 6.45) is -6.11. The molecule has 1 aromatic heterocycles. The lowest BCUT2D eigenvalue weighted by atomic mass is 10.1. The SMILES string of the molecule is O=c1c(OS(=O)(=O)O)c(-c2ccc(O)c(O)c2)oc2cc(OC3OCC(O)C(O)C3O)cc(O)c12. The smallest absolute Gasteiger partial charge is 0.446 e. The zero-order valence-electron chi connectivity index (χ0n) is 17.3. The minimum absolute atomic E-state index is 0.160. The van der Waals surface area contributed by atoms with Crippen molar-refractivity contribution in [3.63, 3.8) is 0 Å². The predicted molar refractivity (Wildman–Crippen MR) is 113 cm³/mol. The molecule has 1 fully saturated rings. The van der Waals surface area contributed by atoms with Crippen molar-refractivity contribution in [2.24, 2.45) is 0 Å². The van der Waals surface area contributed by atoms with Crippen LogP contribution in [0.15, 0.2) is 39.5 Å². The van der Waals surface area contributed by atoms with Crippen molar-refractivity contribution in [3.05, 3.63) is 40.6 Å². The van der Waals surface area contributed by atoms with E-state index in [1.807, 2.05) is 0 Å². The summed E-state index contributed by atoms with van der Waals surface area (Å²) >= 11 is 0. The molecule has 0 aliphatic carbocycles. The van der Waals surface area contributed by atoms with Gasteiger partial charge in [-0.1, -0.05) is 0 Å². The van der Waals surface area contributed by atoms with Gasteiger partial charge < -0.3 is 48.7 Å². The van der Waals surface area contributed by atoms with Crippen LogP contribution in [0.5, 0.6) is 28.7 Å². The maximum absolute atomic E-state index is 13.0. The third-order valence-electron chi connectivity index (χ3n) is 5.04. The van der Waals surface area contributed by atoms with Gasteiger partial charge in [-0.25, -0.2) is 0 Å². The molecule has 7 N–H and O–H groups in total. The van der Waals surface area contributed by atoms with Gasteiger partial charge >= 0.3 is 10.4 Å². The monoisotopic (exact) mass is 514 g/mol. The number of hydrogen-bond acceptors (Lipinski definition) is 13. The summed E-state index contributed by atoms with van der Waals surface area (Å²) in [7, 11) is -5.24. The Morgan fingerprint density at radius 3 is 2.31 bits per heavy atom. The van der Waals surface area contributed by atoms with Gasteiger partial charge in [0.2, 0.25) is 17.5 Å². The normalized spacial score (nSPS) is 22.7. The van der Waals surface area contributed by atoms with Crippen molar-refractivity contribution >= 4 is 21.4 Å². The van der Waals surface area contributed by atoms with Gasteiger partial charge in [-0.05, 0) is 18.2 Å². The summed E-state index contributed by atoms with van der Waals surface area (Å²) in [6.45, 7) is -0.373. The van der Waals surface area contributed by atoms with E-state index in [0.717, 1.165) is 30.3 Å². The van der Waals surface area contributed by atoms with Crippen LogP contribution >= 0.6 is 0 Å². The molecule has 0 spiro atoms. The van der Waals surface area contributed by atoms with Crippen LogP contribution in [-0.4, -0.2) is 74.8 Å². The first-order valence-electron chi connectivity index (χ1n) is 9.71. The van der Waals surface area contributed by atoms with Gasteiger partial charge in [0, 0.05) is 17.7 Å². The molecule has 1 aliphatic heterocycles. The lowest BCUT2D eigenvalue weighted by molar-refractivity contribution is -0.242. The third-order valence-corrected chi connectivity index (χ3v) is 5.42. The Hall–Kier alpha value is -3.60. The molecule has 2 aromatic carbocycles. The molecule has 0 bridgehead atoms. The van der Waals surface area contributed by atoms with E-state index in [4.69, 9.17) is 18.4 Å². The number of phenols is 3. The Kier molecular flexibility index (Phi) is 6.22. The Bertz CT molecular complexity index is 1450. The topological polar surface area (TPSA) is 234 Å². The van der Waals surface area contributed by atoms with Gasteiger partial charge in [0.1, 0.15) is 40.8 Å². The van der Waals surface area contributed by atoms with Crippen molar-refractivity contribution in [2.45, 2.75) is 24.6 Å². The van der Waals surface area contributed by atoms with Crippen LogP contribution in [0.3, 0.4) is 0 Å². The fraction of sp³-hybridized carbons (Fsp3) is 0.250. The molecule has 35 heavy (non-hydrogen) atoms. The summed E-state index contributed by atoms with van der Waals surface area (Å²) < 4.78 is 52.2. The molecular formula is C20H18O14S. The molecule has 188 valence electrons. The molecule has 1 saturated heterocycles. The summed E-state index contributed by atoms with van der Waals surface area (Å²) in [4.78, 5) is 13.0. The van der Waals surface area contributed by atoms with E-state index >= 15 is 0 Å². The zero-order valence-corrected chi connectivity index (χ0v) is 18.1. The molecule has 2 heterocycles. The minimum Gasteiger partial charge on any atom is -0.507 e. The van der Waals surface area contributed by atoms with E-state index in [1.165, 1.54) is 0 Å². The molecular weight excluding hydrogens is 496 g/mol. The molecule has 15 heteroatoms. The van der Waals surface area contributed by atoms with Gasteiger partial charge in [-0.15, -0.1) is 0 Å². The molecule has 0 amide bonds. The Morgan fingerprint density at radius 1 is 0.943 bits per heavy atom. The predicted octanol–water partition coefficient (Wildman–Crippen LogP) is -0.424. The Labute approximate surface area is 195 Å². The average Bonchev–Trinajstić information content (AvgIpc) is 2.77. The maximum atomic E-state index is 13.0. The number of phenolic OH excluding ortho intramolecular Hbond substituents is 3. The maximum Gasteiger partial charge on any atom is 0.446 e. The summed E-state index contributed by atoms with van der Waals surface area (Å²) in [5, 5.41) is 58.5. The lowest BCUT2D eigenvalue weighted by Gasteiger charge is -2.34. The summed E-state index contributed by atoms with van der Waals surface area (Å²) in [5.41, 5.74) is -1.78. The van der Waals surface area contributed by atoms with Gasteiger partial charge in [-0.3, -0.25) is 9.35 Å². The van der Waals surface area contributed by atoms with Gasteiger partial charge in [0.15, 0.2) is 17.3 Å². The fourth-order valence-electron chi connectivity index (χ4n) is 3.38. The van der Waals surface area contributed by atoms with Crippen LogP contribution in [0.4, 0.5) is 0 Å². The van der Waals surface area contributed by atoms with Crippen molar-refractivity contribution < 1.29 is 61.7 Å². The van der Waals surface area contributed by atoms with Gasteiger partial charge in [-0.2, -0.15) is 8.42 Å². The molecule has 1 aliphatic rings. The molecule has 4 unspecified atom stereocenters. The zero-order chi connectivity index (χ0) is 25.7. The number of fused-ring (bicyclic) bond motifs is 1. The summed E-state index contributed by atoms with van der Waals surface area (Å²) in [6, 6.07) is 5.01. The molecule has 14 nitrogen and oxygen atoms in total. The second-order valence-electron chi connectivity index (χ2n) is 7.49. The van der Waals surface area contributed by atoms with Crippen LogP contribution in [0, 0.1) is 0 Å². The molecule has 0 radical (unpaired) electrons. The quantitative estimate of drug-likeness (QED) is 0.169. The van der Waals surface area contributed by atoms with Crippen LogP contribution in [-0.2, 0) is 15.1 Å². The largest absolute Gasteiger partial charge is 0.507 e. The first kappa shape index (κ1) is 24.5. The van der Waals surface area contributed by atoms with Crippen molar-refractivity contribution in [2.75, 3.05) is 6.61 Å². The van der Waals surface area contributed by atoms with Crippen molar-refractivity contribution in [3.8, 4) is 40.1 Å². The average molecular weight is 514 g/mol. The van der Waals surface area contributed by atoms with Crippen LogP contribution in [0.25, 0.3) is 22.3 Å². The first-order valence-corrected chi connectivity index (χ1v) is 11.1. The highest BCUT2D eigenvalue weighted by atomic mass is 32.3. The van der Waals surface area contributed by atoms with Crippen LogP contribution in [0.2, 0.25) is 0 Å². The Morgan fingerprint density at radius 2 is 1.66 bits per heavy atom. The number of rotatable bonds is 5. The van der Waals surface area contributed by atoms with Gasteiger partial charge in [0.25, 0.3) is 0 Å². The van der Waals surface area contributed by atoms with E-state index in [1.54, 1.807) is 0 Å². The van der Waals surface area contributed by atoms with Crippen LogP contribution in [0.1, 0.15) is 0 Å².